The quantitative estimate of drug-likeness (QED) is 0.153. The van der Waals surface area contributed by atoms with E-state index < -0.39 is 75.7 Å². The molecule has 3 heterocycles. The Balaban J connectivity index is 1.89. The number of thioether (sulfide) groups is 1. The van der Waals surface area contributed by atoms with Gasteiger partial charge < -0.3 is 19.5 Å². The normalized spacial score (nSPS) is 32.8. The van der Waals surface area contributed by atoms with E-state index in [1.54, 1.807) is 27.0 Å². The van der Waals surface area contributed by atoms with E-state index in [9.17, 15) is 9.36 Å². The highest BCUT2D eigenvalue weighted by Crippen LogP contribution is 2.56. The number of nitrogens with one attached hydrogen (secondary N) is 1. The fourth-order valence-electron chi connectivity index (χ4n) is 5.68. The van der Waals surface area contributed by atoms with Crippen LogP contribution in [0.5, 0.6) is 0 Å². The number of rotatable bonds is 13. The molecule has 0 radical (unpaired) electrons. The summed E-state index contributed by atoms with van der Waals surface area (Å²) >= 11 is 42.9. The van der Waals surface area contributed by atoms with Crippen molar-refractivity contribution in [3.63, 3.8) is 0 Å². The van der Waals surface area contributed by atoms with E-state index in [1.807, 2.05) is 7.05 Å². The zero-order chi connectivity index (χ0) is 33.3. The molecule has 0 aliphatic carbocycles. The topological polar surface area (TPSA) is 105 Å². The summed E-state index contributed by atoms with van der Waals surface area (Å²) in [7, 11) is -2.63. The SMILES string of the molecule is CCCC1C[C@H](C(=O)NC(C(C)Cl)C2O[C@H](SC)C(OP(=O)(OCC(Cl)(Cl)Cl)OCC(Cl)(Cl)Cl)C3OC(C)(C)O[C@@H]23)N(C)C1. The number of nitrogens with zero attached hydrogens (tertiary/aromatic N) is 1. The number of carbonyl (C=O) groups is 1. The highest BCUT2D eigenvalue weighted by atomic mass is 35.6. The van der Waals surface area contributed by atoms with Gasteiger partial charge in [0, 0.05) is 6.54 Å². The number of phosphoric ester groups is 1. The predicted octanol–water partition coefficient (Wildman–Crippen LogP) is 7.09. The highest BCUT2D eigenvalue weighted by Gasteiger charge is 2.60. The van der Waals surface area contributed by atoms with Crippen LogP contribution in [0.2, 0.25) is 0 Å². The second-order valence-electron chi connectivity index (χ2n) is 11.6. The average molecular weight is 808 g/mol. The summed E-state index contributed by atoms with van der Waals surface area (Å²) in [6, 6.07) is -0.985. The first-order valence-corrected chi connectivity index (χ1v) is 19.5. The number of likely N-dealkylation sites (tertiary alicyclic amines) is 1. The van der Waals surface area contributed by atoms with Crippen LogP contribution >= 0.6 is 101 Å². The second-order valence-corrected chi connectivity index (χ2v) is 19.9. The molecule has 19 heteroatoms. The Kier molecular flexibility index (Phi) is 14.8. The lowest BCUT2D eigenvalue weighted by Crippen LogP contribution is -2.64. The molecule has 0 aromatic rings. The number of carbonyl (C=O) groups excluding carboxylic acids is 1. The third-order valence-electron chi connectivity index (χ3n) is 7.42. The minimum absolute atomic E-state index is 0.147. The van der Waals surface area contributed by atoms with Gasteiger partial charge in [0.1, 0.15) is 43.1 Å². The molecule has 0 aromatic carbocycles. The Morgan fingerprint density at radius 2 is 1.68 bits per heavy atom. The van der Waals surface area contributed by atoms with E-state index in [0.717, 1.165) is 25.8 Å². The number of fused-ring (bicyclic) bond motifs is 1. The third kappa shape index (κ3) is 11.4. The maximum Gasteiger partial charge on any atom is 0.475 e. The zero-order valence-electron chi connectivity index (χ0n) is 25.2. The number of ether oxygens (including phenoxy) is 3. The van der Waals surface area contributed by atoms with Crippen LogP contribution in [0.1, 0.15) is 47.0 Å². The largest absolute Gasteiger partial charge is 0.475 e. The Morgan fingerprint density at radius 1 is 1.11 bits per heavy atom. The summed E-state index contributed by atoms with van der Waals surface area (Å²) in [5.74, 6) is -0.821. The van der Waals surface area contributed by atoms with Crippen LogP contribution in [0.3, 0.4) is 0 Å². The van der Waals surface area contributed by atoms with Gasteiger partial charge in [0.25, 0.3) is 0 Å². The minimum atomic E-state index is -4.58. The lowest BCUT2D eigenvalue weighted by molar-refractivity contribution is -0.167. The molecule has 0 saturated carbocycles. The van der Waals surface area contributed by atoms with Gasteiger partial charge in [-0.25, -0.2) is 4.57 Å². The molecule has 0 bridgehead atoms. The number of alkyl halides is 7. The molecular formula is C25H40Cl7N2O8PS. The molecule has 44 heavy (non-hydrogen) atoms. The van der Waals surface area contributed by atoms with Crippen LogP contribution < -0.4 is 5.32 Å². The molecule has 10 nitrogen and oxygen atoms in total. The number of hydrogen-bond acceptors (Lipinski definition) is 10. The molecule has 6 unspecified atom stereocenters. The number of hydrogen-bond donors (Lipinski definition) is 1. The van der Waals surface area contributed by atoms with Crippen molar-refractivity contribution in [2.45, 2.75) is 108 Å². The Morgan fingerprint density at radius 3 is 2.18 bits per heavy atom. The summed E-state index contributed by atoms with van der Waals surface area (Å²) in [6.45, 7) is 6.84. The maximum absolute atomic E-state index is 13.8. The van der Waals surface area contributed by atoms with Gasteiger partial charge in [0.15, 0.2) is 5.79 Å². The van der Waals surface area contributed by atoms with E-state index in [4.69, 9.17) is 109 Å². The van der Waals surface area contributed by atoms with Crippen LogP contribution in [-0.4, -0.2) is 105 Å². The first-order valence-electron chi connectivity index (χ1n) is 14.1. The molecule has 3 fully saturated rings. The minimum Gasteiger partial charge on any atom is -0.356 e. The van der Waals surface area contributed by atoms with Crippen molar-refractivity contribution < 1.29 is 37.1 Å². The van der Waals surface area contributed by atoms with Crippen molar-refractivity contribution >= 4 is 107 Å². The van der Waals surface area contributed by atoms with Crippen molar-refractivity contribution in [2.24, 2.45) is 5.92 Å². The van der Waals surface area contributed by atoms with Crippen LogP contribution in [0.15, 0.2) is 0 Å². The summed E-state index contributed by atoms with van der Waals surface area (Å²) in [6.07, 6.45) is 1.01. The molecule has 0 spiro atoms. The van der Waals surface area contributed by atoms with Gasteiger partial charge in [0.2, 0.25) is 13.5 Å². The Labute approximate surface area is 298 Å². The molecule has 3 rings (SSSR count). The number of phosphoric acid groups is 1. The van der Waals surface area contributed by atoms with Gasteiger partial charge in [-0.1, -0.05) is 83.0 Å². The molecule has 3 aliphatic heterocycles. The van der Waals surface area contributed by atoms with Crippen molar-refractivity contribution in [1.29, 1.82) is 0 Å². The molecule has 3 aliphatic rings. The third-order valence-corrected chi connectivity index (χ3v) is 10.6. The first kappa shape index (κ1) is 40.2. The molecule has 0 aromatic heterocycles. The summed E-state index contributed by atoms with van der Waals surface area (Å²) in [5.41, 5.74) is -0.835. The van der Waals surface area contributed by atoms with E-state index in [0.29, 0.717) is 5.92 Å². The fourth-order valence-corrected chi connectivity index (χ4v) is 8.90. The van der Waals surface area contributed by atoms with Crippen LogP contribution in [0, 0.1) is 5.92 Å². The van der Waals surface area contributed by atoms with Gasteiger partial charge in [0.05, 0.1) is 17.5 Å². The molecule has 258 valence electrons. The molecule has 9 atom stereocenters. The van der Waals surface area contributed by atoms with Crippen LogP contribution in [0.25, 0.3) is 0 Å². The predicted molar refractivity (Wildman–Crippen MR) is 178 cm³/mol. The molecule has 1 amide bonds. The summed E-state index contributed by atoms with van der Waals surface area (Å²) < 4.78 is 45.6. The van der Waals surface area contributed by atoms with Gasteiger partial charge in [-0.2, -0.15) is 0 Å². The maximum atomic E-state index is 13.8. The lowest BCUT2D eigenvalue weighted by atomic mass is 9.92. The highest BCUT2D eigenvalue weighted by molar-refractivity contribution is 7.99. The van der Waals surface area contributed by atoms with Gasteiger partial charge in [-0.15, -0.1) is 23.4 Å². The fraction of sp³-hybridized carbons (Fsp3) is 0.960. The zero-order valence-corrected chi connectivity index (χ0v) is 32.2. The lowest BCUT2D eigenvalue weighted by Gasteiger charge is -2.45. The second kappa shape index (κ2) is 16.2. The number of amides is 1. The van der Waals surface area contributed by atoms with Crippen LogP contribution in [0.4, 0.5) is 0 Å². The Bertz CT molecular complexity index is 1000. The van der Waals surface area contributed by atoms with E-state index >= 15 is 0 Å². The Hall–Kier alpha value is 1.80. The molecular weight excluding hydrogens is 767 g/mol. The smallest absolute Gasteiger partial charge is 0.356 e. The van der Waals surface area contributed by atoms with E-state index in [1.165, 1.54) is 11.8 Å². The number of likely N-dealkylation sites (N-methyl/N-ethyl adjacent to an activating group) is 1. The standard InChI is InChI=1S/C25H40Cl7N2O8PS/c1-7-8-14-9-15(34(5)10-14)21(35)33-16(13(2)26)17-18-19(41-23(3,4)40-18)20(22(39-17)44-6)42-43(36,37-11-24(27,28)29)38-12-25(30,31)32/h13-20,22H,7-12H2,1-6H3,(H,33,35)/t13?,14?,15-,16?,17?,18+,19?,20?,22-/m1/s1. The monoisotopic (exact) mass is 804 g/mol. The van der Waals surface area contributed by atoms with Crippen molar-refractivity contribution in [3.05, 3.63) is 0 Å². The van der Waals surface area contributed by atoms with E-state index in [2.05, 4.69) is 17.1 Å². The van der Waals surface area contributed by atoms with Crippen molar-refractivity contribution in [3.8, 4) is 0 Å². The van der Waals surface area contributed by atoms with Crippen LogP contribution in [-0.2, 0) is 37.1 Å². The van der Waals surface area contributed by atoms with Crippen molar-refractivity contribution in [2.75, 3.05) is 33.1 Å². The van der Waals surface area contributed by atoms with Gasteiger partial charge in [-0.05, 0) is 52.8 Å². The molecule has 3 saturated heterocycles. The van der Waals surface area contributed by atoms with Gasteiger partial charge >= 0.3 is 7.82 Å². The summed E-state index contributed by atoms with van der Waals surface area (Å²) in [4.78, 5) is 15.7. The van der Waals surface area contributed by atoms with Crippen molar-refractivity contribution in [1.82, 2.24) is 10.2 Å². The molecule has 1 N–H and O–H groups in total. The first-order chi connectivity index (χ1) is 20.2. The number of halogens is 7. The average Bonchev–Trinajstić information content (AvgIpc) is 3.42. The van der Waals surface area contributed by atoms with E-state index in [-0.39, 0.29) is 11.9 Å². The van der Waals surface area contributed by atoms with Gasteiger partial charge in [-0.3, -0.25) is 23.3 Å². The summed E-state index contributed by atoms with van der Waals surface area (Å²) in [5, 5.41) is 2.56.